The monoisotopic (exact) mass is 397 g/mol. The van der Waals surface area contributed by atoms with Crippen molar-refractivity contribution in [3.63, 3.8) is 0 Å². The molecule has 0 radical (unpaired) electrons. The minimum Gasteiger partial charge on any atom is -0.351 e. The second kappa shape index (κ2) is 7.44. The van der Waals surface area contributed by atoms with Gasteiger partial charge in [-0.2, -0.15) is 13.2 Å². The highest BCUT2D eigenvalue weighted by molar-refractivity contribution is 6.09. The van der Waals surface area contributed by atoms with Gasteiger partial charge in [-0.3, -0.25) is 14.5 Å². The number of amides is 4. The maximum absolute atomic E-state index is 13.2. The Labute approximate surface area is 160 Å². The molecule has 1 aliphatic heterocycles. The SMILES string of the molecule is CC1(c2ccccc2)NC(=O)N(CC(=O)NC2CCCCC2C(F)(F)F)C1=O. The number of rotatable bonds is 4. The maximum atomic E-state index is 13.2. The third-order valence-corrected chi connectivity index (χ3v) is 5.46. The van der Waals surface area contributed by atoms with E-state index in [-0.39, 0.29) is 12.8 Å². The Kier molecular flexibility index (Phi) is 5.36. The minimum atomic E-state index is -4.40. The number of alkyl halides is 3. The van der Waals surface area contributed by atoms with Gasteiger partial charge in [0.2, 0.25) is 5.91 Å². The largest absolute Gasteiger partial charge is 0.393 e. The lowest BCUT2D eigenvalue weighted by Gasteiger charge is -2.33. The van der Waals surface area contributed by atoms with Gasteiger partial charge in [0.1, 0.15) is 12.1 Å². The first kappa shape index (κ1) is 20.2. The first-order chi connectivity index (χ1) is 13.1. The van der Waals surface area contributed by atoms with E-state index in [9.17, 15) is 27.6 Å². The molecule has 3 rings (SSSR count). The quantitative estimate of drug-likeness (QED) is 0.767. The van der Waals surface area contributed by atoms with Crippen molar-refractivity contribution in [3.05, 3.63) is 35.9 Å². The molecule has 4 amide bonds. The summed E-state index contributed by atoms with van der Waals surface area (Å²) in [6.45, 7) is 0.912. The summed E-state index contributed by atoms with van der Waals surface area (Å²) in [6.07, 6.45) is -3.17. The van der Waals surface area contributed by atoms with Gasteiger partial charge in [-0.05, 0) is 25.3 Å². The van der Waals surface area contributed by atoms with Crippen molar-refractivity contribution in [1.82, 2.24) is 15.5 Å². The highest BCUT2D eigenvalue weighted by Gasteiger charge is 2.50. The summed E-state index contributed by atoms with van der Waals surface area (Å²) in [7, 11) is 0. The molecule has 1 saturated carbocycles. The van der Waals surface area contributed by atoms with Crippen LogP contribution in [0.15, 0.2) is 30.3 Å². The van der Waals surface area contributed by atoms with Gasteiger partial charge in [0.25, 0.3) is 5.91 Å². The lowest BCUT2D eigenvalue weighted by atomic mass is 9.84. The molecular weight excluding hydrogens is 375 g/mol. The van der Waals surface area contributed by atoms with Gasteiger partial charge >= 0.3 is 12.2 Å². The average molecular weight is 397 g/mol. The number of carbonyl (C=O) groups is 3. The van der Waals surface area contributed by atoms with Crippen molar-refractivity contribution >= 4 is 17.8 Å². The van der Waals surface area contributed by atoms with Crippen molar-refractivity contribution in [2.45, 2.75) is 50.4 Å². The molecule has 2 aliphatic rings. The Morgan fingerprint density at radius 1 is 1.21 bits per heavy atom. The fourth-order valence-corrected chi connectivity index (χ4v) is 3.90. The maximum Gasteiger partial charge on any atom is 0.393 e. The third kappa shape index (κ3) is 3.83. The highest BCUT2D eigenvalue weighted by Crippen LogP contribution is 2.37. The summed E-state index contributed by atoms with van der Waals surface area (Å²) in [5.74, 6) is -3.00. The van der Waals surface area contributed by atoms with E-state index in [0.717, 1.165) is 4.90 Å². The molecule has 0 aromatic heterocycles. The number of benzene rings is 1. The van der Waals surface area contributed by atoms with E-state index < -0.39 is 48.1 Å². The third-order valence-electron chi connectivity index (χ3n) is 5.46. The predicted octanol–water partition coefficient (Wildman–Crippen LogP) is 2.69. The van der Waals surface area contributed by atoms with Crippen LogP contribution in [0.4, 0.5) is 18.0 Å². The molecule has 6 nitrogen and oxygen atoms in total. The van der Waals surface area contributed by atoms with Crippen LogP contribution in [-0.4, -0.2) is 41.5 Å². The molecule has 2 fully saturated rings. The minimum absolute atomic E-state index is 0.0380. The van der Waals surface area contributed by atoms with E-state index >= 15 is 0 Å². The van der Waals surface area contributed by atoms with Crippen LogP contribution in [0.1, 0.15) is 38.2 Å². The summed E-state index contributed by atoms with van der Waals surface area (Å²) in [6, 6.07) is 6.77. The van der Waals surface area contributed by atoms with Crippen LogP contribution < -0.4 is 10.6 Å². The van der Waals surface area contributed by atoms with Crippen LogP contribution in [0, 0.1) is 5.92 Å². The van der Waals surface area contributed by atoms with E-state index in [1.165, 1.54) is 6.92 Å². The molecule has 152 valence electrons. The van der Waals surface area contributed by atoms with E-state index in [2.05, 4.69) is 10.6 Å². The number of nitrogens with zero attached hydrogens (tertiary/aromatic N) is 1. The van der Waals surface area contributed by atoms with Gasteiger partial charge in [0.05, 0.1) is 5.92 Å². The zero-order valence-electron chi connectivity index (χ0n) is 15.4. The molecule has 0 bridgehead atoms. The van der Waals surface area contributed by atoms with Crippen molar-refractivity contribution in [1.29, 1.82) is 0 Å². The number of halogens is 3. The summed E-state index contributed by atoms with van der Waals surface area (Å²) in [5.41, 5.74) is -0.765. The second-order valence-electron chi connectivity index (χ2n) is 7.42. The molecule has 3 atom stereocenters. The van der Waals surface area contributed by atoms with Crippen LogP contribution in [0.25, 0.3) is 0 Å². The van der Waals surface area contributed by atoms with Gasteiger partial charge in [-0.15, -0.1) is 0 Å². The molecule has 2 N–H and O–H groups in total. The molecule has 9 heteroatoms. The predicted molar refractivity (Wildman–Crippen MR) is 94.0 cm³/mol. The number of hydrogen-bond acceptors (Lipinski definition) is 3. The number of hydrogen-bond donors (Lipinski definition) is 2. The van der Waals surface area contributed by atoms with Gasteiger partial charge in [-0.25, -0.2) is 4.79 Å². The smallest absolute Gasteiger partial charge is 0.351 e. The lowest BCUT2D eigenvalue weighted by molar-refractivity contribution is -0.189. The van der Waals surface area contributed by atoms with Gasteiger partial charge in [-0.1, -0.05) is 43.2 Å². The fraction of sp³-hybridized carbons (Fsp3) is 0.526. The Balaban J connectivity index is 1.69. The molecular formula is C19H22F3N3O3. The normalized spacial score (nSPS) is 28.2. The molecule has 1 aromatic rings. The van der Waals surface area contributed by atoms with Gasteiger partial charge < -0.3 is 10.6 Å². The van der Waals surface area contributed by atoms with Gasteiger partial charge in [0, 0.05) is 6.04 Å². The summed E-state index contributed by atoms with van der Waals surface area (Å²) in [5, 5.41) is 4.94. The fourth-order valence-electron chi connectivity index (χ4n) is 3.90. The van der Waals surface area contributed by atoms with Crippen molar-refractivity contribution in [2.24, 2.45) is 5.92 Å². The standard InChI is InChI=1S/C19H22F3N3O3/c1-18(12-7-3-2-4-8-12)16(27)25(17(28)24-18)11-15(26)23-14-10-6-5-9-13(14)19(20,21)22/h2-4,7-8,13-14H,5-6,9-11H2,1H3,(H,23,26)(H,24,28). The highest BCUT2D eigenvalue weighted by atomic mass is 19.4. The molecule has 28 heavy (non-hydrogen) atoms. The molecule has 1 heterocycles. The first-order valence-electron chi connectivity index (χ1n) is 9.18. The Morgan fingerprint density at radius 3 is 2.50 bits per heavy atom. The number of nitrogens with one attached hydrogen (secondary N) is 2. The van der Waals surface area contributed by atoms with Crippen LogP contribution >= 0.6 is 0 Å². The number of imide groups is 1. The first-order valence-corrected chi connectivity index (χ1v) is 9.18. The van der Waals surface area contributed by atoms with Crippen LogP contribution in [0.5, 0.6) is 0 Å². The second-order valence-corrected chi connectivity index (χ2v) is 7.42. The van der Waals surface area contributed by atoms with E-state index in [1.807, 2.05) is 0 Å². The zero-order valence-corrected chi connectivity index (χ0v) is 15.4. The summed E-state index contributed by atoms with van der Waals surface area (Å²) in [4.78, 5) is 38.1. The average Bonchev–Trinajstić information content (AvgIpc) is 2.86. The Hall–Kier alpha value is -2.58. The molecule has 3 unspecified atom stereocenters. The number of urea groups is 1. The van der Waals surface area contributed by atoms with Crippen molar-refractivity contribution in [2.75, 3.05) is 6.54 Å². The molecule has 0 spiro atoms. The molecule has 1 aromatic carbocycles. The Bertz CT molecular complexity index is 769. The van der Waals surface area contributed by atoms with E-state index in [1.54, 1.807) is 30.3 Å². The van der Waals surface area contributed by atoms with Crippen LogP contribution in [0.2, 0.25) is 0 Å². The van der Waals surface area contributed by atoms with Crippen LogP contribution in [-0.2, 0) is 15.1 Å². The number of carbonyl (C=O) groups excluding carboxylic acids is 3. The molecule has 1 aliphatic carbocycles. The van der Waals surface area contributed by atoms with E-state index in [4.69, 9.17) is 0 Å². The molecule has 1 saturated heterocycles. The zero-order chi connectivity index (χ0) is 20.5. The Morgan fingerprint density at radius 2 is 1.86 bits per heavy atom. The van der Waals surface area contributed by atoms with E-state index in [0.29, 0.717) is 18.4 Å². The topological polar surface area (TPSA) is 78.5 Å². The van der Waals surface area contributed by atoms with Crippen molar-refractivity contribution in [3.8, 4) is 0 Å². The summed E-state index contributed by atoms with van der Waals surface area (Å²) < 4.78 is 39.5. The van der Waals surface area contributed by atoms with Gasteiger partial charge in [0.15, 0.2) is 0 Å². The summed E-state index contributed by atoms with van der Waals surface area (Å²) >= 11 is 0. The van der Waals surface area contributed by atoms with Crippen molar-refractivity contribution < 1.29 is 27.6 Å². The van der Waals surface area contributed by atoms with Crippen LogP contribution in [0.3, 0.4) is 0 Å². The lowest BCUT2D eigenvalue weighted by Crippen LogP contribution is -2.51.